The smallest absolute Gasteiger partial charge is 0.387 e. The fraction of sp³-hybridized carbons (Fsp3) is 0.588. The summed E-state index contributed by atoms with van der Waals surface area (Å²) in [4.78, 5) is 4.42. The summed E-state index contributed by atoms with van der Waals surface area (Å²) >= 11 is 1.72. The molecule has 154 valence electrons. The fourth-order valence-corrected chi connectivity index (χ4v) is 3.80. The van der Waals surface area contributed by atoms with E-state index in [0.717, 1.165) is 12.2 Å². The van der Waals surface area contributed by atoms with E-state index in [-0.39, 0.29) is 36.3 Å². The predicted octanol–water partition coefficient (Wildman–Crippen LogP) is 2.84. The number of aliphatic hydroxyl groups is 1. The molecule has 1 fully saturated rings. The van der Waals surface area contributed by atoms with Crippen LogP contribution in [0.25, 0.3) is 0 Å². The van der Waals surface area contributed by atoms with Gasteiger partial charge in [-0.1, -0.05) is 0 Å². The molecule has 6 nitrogen and oxygen atoms in total. The number of thioether (sulfide) groups is 1. The summed E-state index contributed by atoms with van der Waals surface area (Å²) in [6.45, 7) is 0.157. The summed E-state index contributed by atoms with van der Waals surface area (Å²) in [7, 11) is 1.50. The lowest BCUT2D eigenvalue weighted by Gasteiger charge is -2.23. The zero-order valence-corrected chi connectivity index (χ0v) is 18.5. The number of ether oxygens (including phenoxy) is 2. The molecule has 0 aromatic heterocycles. The van der Waals surface area contributed by atoms with E-state index >= 15 is 0 Å². The Morgan fingerprint density at radius 2 is 2.19 bits per heavy atom. The molecule has 2 rings (SSSR count). The van der Waals surface area contributed by atoms with Crippen molar-refractivity contribution in [1.29, 1.82) is 0 Å². The molecule has 0 radical (unpaired) electrons. The van der Waals surface area contributed by atoms with Gasteiger partial charge in [-0.2, -0.15) is 20.5 Å². The van der Waals surface area contributed by atoms with E-state index in [1.54, 1.807) is 23.9 Å². The minimum absolute atomic E-state index is 0. The van der Waals surface area contributed by atoms with Crippen LogP contribution in [0.2, 0.25) is 0 Å². The zero-order valence-electron chi connectivity index (χ0n) is 15.3. The highest BCUT2D eigenvalue weighted by atomic mass is 127. The van der Waals surface area contributed by atoms with Gasteiger partial charge in [-0.3, -0.25) is 0 Å². The predicted molar refractivity (Wildman–Crippen MR) is 115 cm³/mol. The SMILES string of the molecule is CCNC(=NCc1cc(OC)ccc1OC(F)F)NCC1(O)CCSC1.I. The number of hydrogen-bond acceptors (Lipinski definition) is 5. The molecule has 10 heteroatoms. The van der Waals surface area contributed by atoms with E-state index in [1.807, 2.05) is 6.92 Å². The molecule has 0 amide bonds. The molecule has 1 aromatic carbocycles. The molecular formula is C17H26F2IN3O3S. The number of rotatable bonds is 8. The Morgan fingerprint density at radius 3 is 2.78 bits per heavy atom. The average molecular weight is 517 g/mol. The highest BCUT2D eigenvalue weighted by Gasteiger charge is 2.31. The van der Waals surface area contributed by atoms with Crippen LogP contribution in [0.4, 0.5) is 8.78 Å². The van der Waals surface area contributed by atoms with E-state index in [9.17, 15) is 13.9 Å². The first-order valence-corrected chi connectivity index (χ1v) is 9.55. The normalized spacial score (nSPS) is 19.6. The summed E-state index contributed by atoms with van der Waals surface area (Å²) in [6, 6.07) is 4.61. The zero-order chi connectivity index (χ0) is 19.0. The second-order valence-corrected chi connectivity index (χ2v) is 7.03. The van der Waals surface area contributed by atoms with Crippen molar-refractivity contribution in [3.63, 3.8) is 0 Å². The maximum atomic E-state index is 12.6. The van der Waals surface area contributed by atoms with Gasteiger partial charge in [-0.15, -0.1) is 24.0 Å². The van der Waals surface area contributed by atoms with Crippen molar-refractivity contribution < 1.29 is 23.4 Å². The van der Waals surface area contributed by atoms with Crippen LogP contribution in [0.1, 0.15) is 18.9 Å². The Labute approximate surface area is 179 Å². The third-order valence-electron chi connectivity index (χ3n) is 3.90. The summed E-state index contributed by atoms with van der Waals surface area (Å²) in [5.74, 6) is 2.72. The van der Waals surface area contributed by atoms with Crippen LogP contribution < -0.4 is 20.1 Å². The van der Waals surface area contributed by atoms with Crippen LogP contribution in [-0.2, 0) is 6.54 Å². The van der Waals surface area contributed by atoms with Crippen LogP contribution in [0, 0.1) is 0 Å². The number of halogens is 3. The fourth-order valence-electron chi connectivity index (χ4n) is 2.51. The quantitative estimate of drug-likeness (QED) is 0.280. The van der Waals surface area contributed by atoms with Crippen LogP contribution >= 0.6 is 35.7 Å². The van der Waals surface area contributed by atoms with Gasteiger partial charge in [-0.25, -0.2) is 4.99 Å². The van der Waals surface area contributed by atoms with Gasteiger partial charge in [0.05, 0.1) is 19.3 Å². The van der Waals surface area contributed by atoms with Gasteiger partial charge in [-0.05, 0) is 37.3 Å². The molecular weight excluding hydrogens is 491 g/mol. The maximum Gasteiger partial charge on any atom is 0.387 e. The average Bonchev–Trinajstić information content (AvgIpc) is 3.05. The van der Waals surface area contributed by atoms with Crippen molar-refractivity contribution in [2.45, 2.75) is 32.1 Å². The van der Waals surface area contributed by atoms with Gasteiger partial charge in [0.2, 0.25) is 0 Å². The van der Waals surface area contributed by atoms with Gasteiger partial charge in [0.25, 0.3) is 0 Å². The molecule has 1 atom stereocenters. The van der Waals surface area contributed by atoms with E-state index in [0.29, 0.717) is 36.1 Å². The van der Waals surface area contributed by atoms with E-state index in [4.69, 9.17) is 4.74 Å². The molecule has 0 aliphatic carbocycles. The largest absolute Gasteiger partial charge is 0.497 e. The molecule has 0 spiro atoms. The van der Waals surface area contributed by atoms with Gasteiger partial charge in [0.15, 0.2) is 5.96 Å². The highest BCUT2D eigenvalue weighted by molar-refractivity contribution is 14.0. The van der Waals surface area contributed by atoms with Crippen LogP contribution in [0.5, 0.6) is 11.5 Å². The second kappa shape index (κ2) is 11.7. The van der Waals surface area contributed by atoms with Crippen molar-refractivity contribution in [2.24, 2.45) is 4.99 Å². The number of alkyl halides is 2. The number of guanidine groups is 1. The number of benzene rings is 1. The first-order chi connectivity index (χ1) is 12.5. The number of nitrogens with zero attached hydrogens (tertiary/aromatic N) is 1. The minimum Gasteiger partial charge on any atom is -0.497 e. The molecule has 1 aliphatic heterocycles. The van der Waals surface area contributed by atoms with Gasteiger partial charge in [0.1, 0.15) is 11.5 Å². The van der Waals surface area contributed by atoms with Gasteiger partial charge in [0, 0.05) is 24.4 Å². The summed E-state index contributed by atoms with van der Waals surface area (Å²) in [5, 5.41) is 16.6. The Hall–Kier alpha value is -1.01. The molecule has 1 aliphatic rings. The number of aliphatic imine (C=N–C) groups is 1. The summed E-state index contributed by atoms with van der Waals surface area (Å²) in [5.41, 5.74) is -0.266. The first kappa shape index (κ1) is 24.0. The second-order valence-electron chi connectivity index (χ2n) is 5.93. The van der Waals surface area contributed by atoms with Crippen molar-refractivity contribution in [1.82, 2.24) is 10.6 Å². The van der Waals surface area contributed by atoms with E-state index in [2.05, 4.69) is 20.4 Å². The number of methoxy groups -OCH3 is 1. The van der Waals surface area contributed by atoms with Crippen LogP contribution in [0.15, 0.2) is 23.2 Å². The molecule has 1 unspecified atom stereocenters. The monoisotopic (exact) mass is 517 g/mol. The van der Waals surface area contributed by atoms with Gasteiger partial charge >= 0.3 is 6.61 Å². The third kappa shape index (κ3) is 7.86. The van der Waals surface area contributed by atoms with Crippen molar-refractivity contribution >= 4 is 41.7 Å². The van der Waals surface area contributed by atoms with Crippen molar-refractivity contribution in [3.8, 4) is 11.5 Å². The molecule has 1 heterocycles. The van der Waals surface area contributed by atoms with Crippen molar-refractivity contribution in [3.05, 3.63) is 23.8 Å². The topological polar surface area (TPSA) is 75.1 Å². The Kier molecular flexibility index (Phi) is 10.5. The van der Waals surface area contributed by atoms with Crippen LogP contribution in [0.3, 0.4) is 0 Å². The number of nitrogens with one attached hydrogen (secondary N) is 2. The van der Waals surface area contributed by atoms with Crippen LogP contribution in [-0.4, -0.2) is 55.0 Å². The highest BCUT2D eigenvalue weighted by Crippen LogP contribution is 2.27. The van der Waals surface area contributed by atoms with Crippen molar-refractivity contribution in [2.75, 3.05) is 31.7 Å². The Bertz CT molecular complexity index is 617. The lowest BCUT2D eigenvalue weighted by atomic mass is 10.0. The molecule has 0 saturated carbocycles. The third-order valence-corrected chi connectivity index (χ3v) is 5.14. The first-order valence-electron chi connectivity index (χ1n) is 8.40. The Balaban J connectivity index is 0.00000364. The molecule has 1 aromatic rings. The summed E-state index contributed by atoms with van der Waals surface area (Å²) in [6.07, 6.45) is 0.729. The molecule has 0 bridgehead atoms. The molecule has 1 saturated heterocycles. The van der Waals surface area contributed by atoms with E-state index < -0.39 is 12.2 Å². The standard InChI is InChI=1S/C17H25F2N3O3S.HI/c1-3-20-16(22-10-17(23)6-7-26-11-17)21-9-12-8-13(24-2)4-5-14(12)25-15(18)19;/h4-5,8,15,23H,3,6-7,9-11H2,1-2H3,(H2,20,21,22);1H. The molecule has 3 N–H and O–H groups in total. The van der Waals surface area contributed by atoms with E-state index in [1.165, 1.54) is 13.2 Å². The van der Waals surface area contributed by atoms with Gasteiger partial charge < -0.3 is 25.2 Å². The lowest BCUT2D eigenvalue weighted by Crippen LogP contribution is -2.47. The lowest BCUT2D eigenvalue weighted by molar-refractivity contribution is -0.0504. The summed E-state index contributed by atoms with van der Waals surface area (Å²) < 4.78 is 34.9. The maximum absolute atomic E-state index is 12.6. The number of hydrogen-bond donors (Lipinski definition) is 3. The Morgan fingerprint density at radius 1 is 1.41 bits per heavy atom. The molecule has 27 heavy (non-hydrogen) atoms. The minimum atomic E-state index is -2.91.